The summed E-state index contributed by atoms with van der Waals surface area (Å²) in [4.78, 5) is 12.6. The third kappa shape index (κ3) is 2.44. The average molecular weight is 348 g/mol. The van der Waals surface area contributed by atoms with Crippen LogP contribution in [0.3, 0.4) is 0 Å². The lowest BCUT2D eigenvalue weighted by Gasteiger charge is -2.18. The number of amides is 1. The van der Waals surface area contributed by atoms with E-state index >= 15 is 0 Å². The minimum absolute atomic E-state index is 0.207. The first-order chi connectivity index (χ1) is 10.3. The van der Waals surface area contributed by atoms with Gasteiger partial charge in [-0.05, 0) is 54.9 Å². The first-order valence-electron chi connectivity index (χ1n) is 8.18. The molecule has 21 heavy (non-hydrogen) atoms. The van der Waals surface area contributed by atoms with Crippen LogP contribution in [0.4, 0.5) is 0 Å². The van der Waals surface area contributed by atoms with Crippen LogP contribution in [0.1, 0.15) is 24.8 Å². The fourth-order valence-corrected chi connectivity index (χ4v) is 5.41. The van der Waals surface area contributed by atoms with Crippen molar-refractivity contribution in [1.29, 1.82) is 0 Å². The minimum Gasteiger partial charge on any atom is -0.352 e. The van der Waals surface area contributed by atoms with E-state index in [-0.39, 0.29) is 6.04 Å². The maximum Gasteiger partial charge on any atom is 0.223 e. The molecular formula is C18H22BrNO. The van der Waals surface area contributed by atoms with E-state index in [2.05, 4.69) is 45.5 Å². The molecular weight excluding hydrogens is 326 g/mol. The predicted molar refractivity (Wildman–Crippen MR) is 87.2 cm³/mol. The van der Waals surface area contributed by atoms with E-state index in [9.17, 15) is 4.79 Å². The first kappa shape index (κ1) is 13.8. The average Bonchev–Trinajstić information content (AvgIpc) is 2.96. The topological polar surface area (TPSA) is 29.1 Å². The number of rotatable bonds is 5. The van der Waals surface area contributed by atoms with Gasteiger partial charge in [0.05, 0.1) is 0 Å². The van der Waals surface area contributed by atoms with Gasteiger partial charge in [0.25, 0.3) is 0 Å². The second-order valence-electron chi connectivity index (χ2n) is 7.06. The number of hydrogen-bond acceptors (Lipinski definition) is 1. The van der Waals surface area contributed by atoms with Crippen LogP contribution < -0.4 is 5.32 Å². The van der Waals surface area contributed by atoms with Crippen molar-refractivity contribution in [2.24, 2.45) is 29.6 Å². The summed E-state index contributed by atoms with van der Waals surface area (Å²) in [6, 6.07) is 10.6. The standard InChI is InChI=1S/C18H22BrNO/c19-10-14(8-11-4-2-1-3-5-11)20-18(21)17-15-12-6-7-13(9-12)16(15)17/h1-5,12-17H,6-10H2,(H,20,21). The fourth-order valence-electron chi connectivity index (χ4n) is 5.02. The molecule has 0 heterocycles. The molecule has 1 aromatic carbocycles. The van der Waals surface area contributed by atoms with E-state index in [1.54, 1.807) is 0 Å². The van der Waals surface area contributed by atoms with Crippen LogP contribution >= 0.6 is 15.9 Å². The second kappa shape index (κ2) is 5.42. The fraction of sp³-hybridized carbons (Fsp3) is 0.611. The largest absolute Gasteiger partial charge is 0.352 e. The molecule has 3 saturated carbocycles. The van der Waals surface area contributed by atoms with E-state index in [4.69, 9.17) is 0 Å². The Balaban J connectivity index is 1.36. The van der Waals surface area contributed by atoms with Crippen LogP contribution in [0.25, 0.3) is 0 Å². The summed E-state index contributed by atoms with van der Waals surface area (Å²) in [5.74, 6) is 3.86. The monoisotopic (exact) mass is 347 g/mol. The van der Waals surface area contributed by atoms with Gasteiger partial charge in [0.15, 0.2) is 0 Å². The molecule has 4 rings (SSSR count). The van der Waals surface area contributed by atoms with Crippen LogP contribution in [0.15, 0.2) is 30.3 Å². The molecule has 2 bridgehead atoms. The van der Waals surface area contributed by atoms with Gasteiger partial charge in [-0.2, -0.15) is 0 Å². The molecule has 5 atom stereocenters. The highest BCUT2D eigenvalue weighted by molar-refractivity contribution is 9.09. The van der Waals surface area contributed by atoms with Gasteiger partial charge in [-0.3, -0.25) is 4.79 Å². The number of nitrogens with one attached hydrogen (secondary N) is 1. The summed E-state index contributed by atoms with van der Waals surface area (Å²) >= 11 is 3.55. The van der Waals surface area contributed by atoms with Crippen LogP contribution in [0.5, 0.6) is 0 Å². The molecule has 0 aliphatic heterocycles. The summed E-state index contributed by atoms with van der Waals surface area (Å²) in [5.41, 5.74) is 1.29. The van der Waals surface area contributed by atoms with Gasteiger partial charge in [-0.15, -0.1) is 0 Å². The zero-order valence-corrected chi connectivity index (χ0v) is 13.8. The number of carbonyl (C=O) groups is 1. The molecule has 5 unspecified atom stereocenters. The molecule has 1 amide bonds. The Bertz CT molecular complexity index is 515. The second-order valence-corrected chi connectivity index (χ2v) is 7.71. The smallest absolute Gasteiger partial charge is 0.223 e. The van der Waals surface area contributed by atoms with Crippen molar-refractivity contribution in [3.05, 3.63) is 35.9 Å². The molecule has 0 spiro atoms. The highest BCUT2D eigenvalue weighted by atomic mass is 79.9. The molecule has 3 fully saturated rings. The van der Waals surface area contributed by atoms with E-state index in [0.717, 1.165) is 35.4 Å². The van der Waals surface area contributed by atoms with Gasteiger partial charge in [0.1, 0.15) is 0 Å². The molecule has 3 heteroatoms. The Morgan fingerprint density at radius 1 is 1.19 bits per heavy atom. The SMILES string of the molecule is O=C(NC(CBr)Cc1ccccc1)C1C2C3CCC(C3)C12. The number of carbonyl (C=O) groups excluding carboxylic acids is 1. The molecule has 1 aromatic rings. The molecule has 2 nitrogen and oxygen atoms in total. The zero-order chi connectivity index (χ0) is 14.4. The Kier molecular flexibility index (Phi) is 3.56. The normalized spacial score (nSPS) is 37.1. The molecule has 0 saturated heterocycles. The van der Waals surface area contributed by atoms with E-state index in [1.807, 2.05) is 6.07 Å². The Morgan fingerprint density at radius 3 is 2.48 bits per heavy atom. The third-order valence-electron chi connectivity index (χ3n) is 5.90. The van der Waals surface area contributed by atoms with Gasteiger partial charge >= 0.3 is 0 Å². The highest BCUT2D eigenvalue weighted by Gasteiger charge is 2.67. The lowest BCUT2D eigenvalue weighted by atomic mass is 10.0. The summed E-state index contributed by atoms with van der Waals surface area (Å²) in [5, 5.41) is 4.11. The van der Waals surface area contributed by atoms with Crippen molar-refractivity contribution in [3.8, 4) is 0 Å². The van der Waals surface area contributed by atoms with Crippen molar-refractivity contribution < 1.29 is 4.79 Å². The predicted octanol–water partition coefficient (Wildman–Crippen LogP) is 3.40. The quantitative estimate of drug-likeness (QED) is 0.812. The summed E-state index contributed by atoms with van der Waals surface area (Å²) in [6.45, 7) is 0. The number of halogens is 1. The Labute approximate surface area is 134 Å². The summed E-state index contributed by atoms with van der Waals surface area (Å²) in [7, 11) is 0. The van der Waals surface area contributed by atoms with Gasteiger partial charge in [0.2, 0.25) is 5.91 Å². The maximum absolute atomic E-state index is 12.6. The molecule has 3 aliphatic rings. The molecule has 1 N–H and O–H groups in total. The van der Waals surface area contributed by atoms with E-state index in [1.165, 1.54) is 24.8 Å². The van der Waals surface area contributed by atoms with Crippen molar-refractivity contribution >= 4 is 21.8 Å². The molecule has 0 radical (unpaired) electrons. The zero-order valence-electron chi connectivity index (χ0n) is 12.2. The van der Waals surface area contributed by atoms with Crippen LogP contribution in [-0.2, 0) is 11.2 Å². The van der Waals surface area contributed by atoms with Gasteiger partial charge < -0.3 is 5.32 Å². The summed E-state index contributed by atoms with van der Waals surface area (Å²) < 4.78 is 0. The highest BCUT2D eigenvalue weighted by Crippen LogP contribution is 2.69. The number of fused-ring (bicyclic) bond motifs is 5. The summed E-state index contributed by atoms with van der Waals surface area (Å²) in [6.07, 6.45) is 5.07. The number of hydrogen-bond donors (Lipinski definition) is 1. The van der Waals surface area contributed by atoms with Crippen LogP contribution in [0.2, 0.25) is 0 Å². The van der Waals surface area contributed by atoms with Crippen molar-refractivity contribution in [1.82, 2.24) is 5.32 Å². The number of benzene rings is 1. The van der Waals surface area contributed by atoms with Gasteiger partial charge in [0, 0.05) is 17.3 Å². The molecule has 0 aromatic heterocycles. The molecule has 112 valence electrons. The maximum atomic E-state index is 12.6. The third-order valence-corrected chi connectivity index (χ3v) is 6.68. The Morgan fingerprint density at radius 2 is 1.86 bits per heavy atom. The van der Waals surface area contributed by atoms with Gasteiger partial charge in [-0.1, -0.05) is 46.3 Å². The van der Waals surface area contributed by atoms with Crippen molar-refractivity contribution in [3.63, 3.8) is 0 Å². The van der Waals surface area contributed by atoms with Crippen molar-refractivity contribution in [2.75, 3.05) is 5.33 Å². The minimum atomic E-state index is 0.207. The van der Waals surface area contributed by atoms with Crippen LogP contribution in [-0.4, -0.2) is 17.3 Å². The first-order valence-corrected chi connectivity index (χ1v) is 9.30. The van der Waals surface area contributed by atoms with Crippen LogP contribution in [0, 0.1) is 29.6 Å². The van der Waals surface area contributed by atoms with Gasteiger partial charge in [-0.25, -0.2) is 0 Å². The van der Waals surface area contributed by atoms with Crippen molar-refractivity contribution in [2.45, 2.75) is 31.7 Å². The Hall–Kier alpha value is -0.830. The van der Waals surface area contributed by atoms with E-state index < -0.39 is 0 Å². The molecule has 3 aliphatic carbocycles. The number of alkyl halides is 1. The lowest BCUT2D eigenvalue weighted by molar-refractivity contribution is -0.123. The lowest BCUT2D eigenvalue weighted by Crippen LogP contribution is -2.39. The van der Waals surface area contributed by atoms with E-state index in [0.29, 0.717) is 11.8 Å².